The molecule has 200 valence electrons. The van der Waals surface area contributed by atoms with E-state index in [1.54, 1.807) is 6.08 Å². The van der Waals surface area contributed by atoms with Crippen LogP contribution in [-0.4, -0.2) is 71.0 Å². The Morgan fingerprint density at radius 2 is 1.61 bits per heavy atom. The van der Waals surface area contributed by atoms with Crippen LogP contribution in [0.4, 0.5) is 0 Å². The summed E-state index contributed by atoms with van der Waals surface area (Å²) in [7, 11) is 0. The van der Waals surface area contributed by atoms with E-state index in [-0.39, 0.29) is 37.2 Å². The van der Waals surface area contributed by atoms with Crippen molar-refractivity contribution in [2.24, 2.45) is 0 Å². The molecule has 0 radical (unpaired) electrons. The Kier molecular flexibility index (Phi) is 9.26. The molecule has 2 aromatic carbocycles. The molecule has 1 fully saturated rings. The number of nitrogens with zero attached hydrogens (tertiary/aromatic N) is 1. The van der Waals surface area contributed by atoms with Gasteiger partial charge >= 0.3 is 5.97 Å². The van der Waals surface area contributed by atoms with E-state index < -0.39 is 30.0 Å². The summed E-state index contributed by atoms with van der Waals surface area (Å²) >= 11 is 0. The van der Waals surface area contributed by atoms with Gasteiger partial charge in [0.2, 0.25) is 17.7 Å². The van der Waals surface area contributed by atoms with Crippen molar-refractivity contribution in [3.63, 3.8) is 0 Å². The minimum absolute atomic E-state index is 0.0213. The summed E-state index contributed by atoms with van der Waals surface area (Å²) in [6.07, 6.45) is 5.45. The SMILES string of the molecule is O=C(CC(Cc1ccccc1)NC(=O)C1CCCN1)NC(Cc1ccccc1)C(=O)N1CC=CC1C(=O)O. The average molecular weight is 519 g/mol. The van der Waals surface area contributed by atoms with Gasteiger partial charge in [-0.1, -0.05) is 72.8 Å². The molecule has 2 aliphatic rings. The van der Waals surface area contributed by atoms with Gasteiger partial charge in [-0.2, -0.15) is 0 Å². The van der Waals surface area contributed by atoms with Crippen LogP contribution >= 0.6 is 0 Å². The third-order valence-corrected chi connectivity index (χ3v) is 6.89. The summed E-state index contributed by atoms with van der Waals surface area (Å²) in [6.45, 7) is 0.950. The first-order valence-electron chi connectivity index (χ1n) is 13.0. The second-order valence-electron chi connectivity index (χ2n) is 9.76. The van der Waals surface area contributed by atoms with Crippen molar-refractivity contribution in [2.75, 3.05) is 13.1 Å². The molecule has 9 heteroatoms. The summed E-state index contributed by atoms with van der Waals surface area (Å²) in [5.74, 6) is -2.11. The maximum atomic E-state index is 13.5. The van der Waals surface area contributed by atoms with Crippen molar-refractivity contribution in [2.45, 2.75) is 56.3 Å². The quantitative estimate of drug-likeness (QED) is 0.333. The van der Waals surface area contributed by atoms with E-state index in [9.17, 15) is 24.3 Å². The molecular weight excluding hydrogens is 484 g/mol. The van der Waals surface area contributed by atoms with Crippen LogP contribution in [0.3, 0.4) is 0 Å². The van der Waals surface area contributed by atoms with E-state index in [0.717, 1.165) is 30.5 Å². The minimum atomic E-state index is -1.12. The lowest BCUT2D eigenvalue weighted by Gasteiger charge is -2.28. The number of carbonyl (C=O) groups is 4. The van der Waals surface area contributed by atoms with Gasteiger partial charge in [0.15, 0.2) is 0 Å². The maximum absolute atomic E-state index is 13.5. The molecule has 1 saturated heterocycles. The number of benzene rings is 2. The highest BCUT2D eigenvalue weighted by Gasteiger charge is 2.35. The Morgan fingerprint density at radius 3 is 2.21 bits per heavy atom. The van der Waals surface area contributed by atoms with Crippen LogP contribution in [-0.2, 0) is 32.0 Å². The number of rotatable bonds is 11. The second kappa shape index (κ2) is 13.0. The van der Waals surface area contributed by atoms with E-state index in [4.69, 9.17) is 0 Å². The Labute approximate surface area is 222 Å². The molecular formula is C29H34N4O5. The fourth-order valence-corrected chi connectivity index (χ4v) is 4.97. The van der Waals surface area contributed by atoms with Gasteiger partial charge in [-0.25, -0.2) is 4.79 Å². The summed E-state index contributed by atoms with van der Waals surface area (Å²) in [5, 5.41) is 18.6. The van der Waals surface area contributed by atoms with Crippen molar-refractivity contribution in [1.29, 1.82) is 0 Å². The monoisotopic (exact) mass is 518 g/mol. The molecule has 9 nitrogen and oxygen atoms in total. The zero-order valence-corrected chi connectivity index (χ0v) is 21.2. The zero-order chi connectivity index (χ0) is 26.9. The Balaban J connectivity index is 1.48. The summed E-state index contributed by atoms with van der Waals surface area (Å²) < 4.78 is 0. The van der Waals surface area contributed by atoms with E-state index in [1.165, 1.54) is 11.0 Å². The number of hydrogen-bond acceptors (Lipinski definition) is 5. The van der Waals surface area contributed by atoms with Crippen LogP contribution in [0.1, 0.15) is 30.4 Å². The largest absolute Gasteiger partial charge is 0.479 e. The minimum Gasteiger partial charge on any atom is -0.479 e. The molecule has 4 N–H and O–H groups in total. The van der Waals surface area contributed by atoms with Gasteiger partial charge in [0.05, 0.1) is 6.04 Å². The fraction of sp³-hybridized carbons (Fsp3) is 0.379. The highest BCUT2D eigenvalue weighted by atomic mass is 16.4. The van der Waals surface area contributed by atoms with Crippen molar-refractivity contribution in [3.8, 4) is 0 Å². The molecule has 2 heterocycles. The lowest BCUT2D eigenvalue weighted by atomic mass is 10.0. The smallest absolute Gasteiger partial charge is 0.330 e. The van der Waals surface area contributed by atoms with E-state index >= 15 is 0 Å². The number of nitrogens with one attached hydrogen (secondary N) is 3. The molecule has 2 aromatic rings. The molecule has 4 rings (SSSR count). The molecule has 3 amide bonds. The number of carboxylic acids is 1. The Hall–Kier alpha value is -3.98. The molecule has 38 heavy (non-hydrogen) atoms. The predicted molar refractivity (Wildman–Crippen MR) is 142 cm³/mol. The highest BCUT2D eigenvalue weighted by molar-refractivity contribution is 5.92. The molecule has 4 atom stereocenters. The molecule has 4 unspecified atom stereocenters. The van der Waals surface area contributed by atoms with E-state index in [0.29, 0.717) is 6.42 Å². The molecule has 2 aliphatic heterocycles. The van der Waals surface area contributed by atoms with E-state index in [1.807, 2.05) is 60.7 Å². The summed E-state index contributed by atoms with van der Waals surface area (Å²) in [6, 6.07) is 16.1. The number of amides is 3. The lowest BCUT2D eigenvalue weighted by Crippen LogP contribution is -2.54. The third-order valence-electron chi connectivity index (χ3n) is 6.89. The topological polar surface area (TPSA) is 128 Å². The second-order valence-corrected chi connectivity index (χ2v) is 9.76. The van der Waals surface area contributed by atoms with Crippen LogP contribution in [0.15, 0.2) is 72.8 Å². The molecule has 0 saturated carbocycles. The number of carboxylic acid groups (broad SMARTS) is 1. The average Bonchev–Trinajstić information content (AvgIpc) is 3.62. The van der Waals surface area contributed by atoms with Crippen LogP contribution in [0.2, 0.25) is 0 Å². The van der Waals surface area contributed by atoms with Gasteiger partial charge in [0.25, 0.3) is 0 Å². The molecule has 0 bridgehead atoms. The van der Waals surface area contributed by atoms with Gasteiger partial charge in [-0.15, -0.1) is 0 Å². The van der Waals surface area contributed by atoms with Crippen LogP contribution < -0.4 is 16.0 Å². The first-order valence-corrected chi connectivity index (χ1v) is 13.0. The summed E-state index contributed by atoms with van der Waals surface area (Å²) in [4.78, 5) is 52.5. The number of hydrogen-bond donors (Lipinski definition) is 4. The van der Waals surface area contributed by atoms with Gasteiger partial charge in [0.1, 0.15) is 12.1 Å². The molecule has 0 aromatic heterocycles. The highest BCUT2D eigenvalue weighted by Crippen LogP contribution is 2.15. The molecule has 0 aliphatic carbocycles. The van der Waals surface area contributed by atoms with Gasteiger partial charge in [0, 0.05) is 25.4 Å². The molecule has 0 spiro atoms. The Morgan fingerprint density at radius 1 is 0.947 bits per heavy atom. The van der Waals surface area contributed by atoms with Crippen molar-refractivity contribution in [3.05, 3.63) is 83.9 Å². The predicted octanol–water partition coefficient (Wildman–Crippen LogP) is 1.44. The maximum Gasteiger partial charge on any atom is 0.330 e. The van der Waals surface area contributed by atoms with Crippen LogP contribution in [0, 0.1) is 0 Å². The zero-order valence-electron chi connectivity index (χ0n) is 21.2. The first kappa shape index (κ1) is 27.1. The third kappa shape index (κ3) is 7.29. The van der Waals surface area contributed by atoms with Crippen molar-refractivity contribution < 1.29 is 24.3 Å². The first-order chi connectivity index (χ1) is 18.4. The van der Waals surface area contributed by atoms with E-state index in [2.05, 4.69) is 16.0 Å². The van der Waals surface area contributed by atoms with Gasteiger partial charge < -0.3 is 26.0 Å². The standard InChI is InChI=1S/C29H34N4O5/c34-26(19-22(17-20-9-3-1-4-10-20)31-27(35)23-13-7-15-30-23)32-24(18-21-11-5-2-6-12-21)28(36)33-16-8-14-25(33)29(37)38/h1-6,8-12,14,22-25,30H,7,13,15-19H2,(H,31,35)(H,32,34)(H,37,38). The number of aliphatic carboxylic acids is 1. The van der Waals surface area contributed by atoms with Crippen LogP contribution in [0.5, 0.6) is 0 Å². The lowest BCUT2D eigenvalue weighted by molar-refractivity contribution is -0.148. The normalized spacial score (nSPS) is 20.1. The summed E-state index contributed by atoms with van der Waals surface area (Å²) in [5.41, 5.74) is 1.82. The van der Waals surface area contributed by atoms with Gasteiger partial charge in [-0.05, 0) is 36.9 Å². The number of carbonyl (C=O) groups excluding carboxylic acids is 3. The van der Waals surface area contributed by atoms with Gasteiger partial charge in [-0.3, -0.25) is 14.4 Å². The Bertz CT molecular complexity index is 1150. The van der Waals surface area contributed by atoms with Crippen molar-refractivity contribution in [1.82, 2.24) is 20.9 Å². The van der Waals surface area contributed by atoms with Crippen LogP contribution in [0.25, 0.3) is 0 Å². The van der Waals surface area contributed by atoms with Crippen molar-refractivity contribution >= 4 is 23.7 Å². The fourth-order valence-electron chi connectivity index (χ4n) is 4.97.